The van der Waals surface area contributed by atoms with Crippen LogP contribution in [-0.4, -0.2) is 28.8 Å². The molecule has 0 atom stereocenters. The molecule has 8 heteroatoms. The van der Waals surface area contributed by atoms with Crippen LogP contribution in [0.4, 0.5) is 5.69 Å². The quantitative estimate of drug-likeness (QED) is 0.654. The van der Waals surface area contributed by atoms with Crippen molar-refractivity contribution in [1.29, 1.82) is 0 Å². The molecule has 114 valence electrons. The molecule has 21 heavy (non-hydrogen) atoms. The van der Waals surface area contributed by atoms with Crippen molar-refractivity contribution in [1.82, 2.24) is 10.6 Å². The second-order valence-corrected chi connectivity index (χ2v) is 5.81. The predicted octanol–water partition coefficient (Wildman–Crippen LogP) is 1.89. The summed E-state index contributed by atoms with van der Waals surface area (Å²) in [5.74, 6) is -0.861. The minimum Gasteiger partial charge on any atom is -0.350 e. The van der Waals surface area contributed by atoms with Gasteiger partial charge in [-0.1, -0.05) is 11.6 Å². The number of nitro benzene ring substituents is 1. The van der Waals surface area contributed by atoms with E-state index in [-0.39, 0.29) is 28.7 Å². The number of nitrogens with one attached hydrogen (secondary N) is 2. The van der Waals surface area contributed by atoms with Gasteiger partial charge in [-0.15, -0.1) is 0 Å². The first-order chi connectivity index (χ1) is 9.60. The summed E-state index contributed by atoms with van der Waals surface area (Å²) in [5.41, 5.74) is -0.522. The summed E-state index contributed by atoms with van der Waals surface area (Å²) < 4.78 is 0. The van der Waals surface area contributed by atoms with Crippen molar-refractivity contribution in [2.45, 2.75) is 26.3 Å². The monoisotopic (exact) mass is 313 g/mol. The van der Waals surface area contributed by atoms with Crippen LogP contribution in [0, 0.1) is 10.1 Å². The first kappa shape index (κ1) is 16.9. The molecule has 0 spiro atoms. The maximum absolute atomic E-state index is 11.8. The first-order valence-electron chi connectivity index (χ1n) is 6.13. The highest BCUT2D eigenvalue weighted by Crippen LogP contribution is 2.24. The molecule has 0 heterocycles. The van der Waals surface area contributed by atoms with E-state index in [0.29, 0.717) is 0 Å². The molecule has 0 unspecified atom stereocenters. The van der Waals surface area contributed by atoms with E-state index in [2.05, 4.69) is 10.6 Å². The summed E-state index contributed by atoms with van der Waals surface area (Å²) in [6.45, 7) is 5.28. The second-order valence-electron chi connectivity index (χ2n) is 5.40. The van der Waals surface area contributed by atoms with Crippen LogP contribution in [0.15, 0.2) is 18.2 Å². The minimum absolute atomic E-state index is 0.133. The zero-order valence-electron chi connectivity index (χ0n) is 11.9. The minimum atomic E-state index is -0.638. The van der Waals surface area contributed by atoms with Crippen molar-refractivity contribution >= 4 is 29.1 Å². The number of halogens is 1. The molecule has 0 aromatic heterocycles. The van der Waals surface area contributed by atoms with Gasteiger partial charge in [0.1, 0.15) is 5.02 Å². The number of amides is 2. The molecular weight excluding hydrogens is 298 g/mol. The lowest BCUT2D eigenvalue weighted by Gasteiger charge is -2.20. The molecule has 0 aliphatic carbocycles. The van der Waals surface area contributed by atoms with E-state index in [1.807, 2.05) is 20.8 Å². The lowest BCUT2D eigenvalue weighted by Crippen LogP contribution is -2.45. The summed E-state index contributed by atoms with van der Waals surface area (Å²) in [7, 11) is 0. The number of hydrogen-bond donors (Lipinski definition) is 2. The van der Waals surface area contributed by atoms with E-state index in [1.54, 1.807) is 0 Å². The van der Waals surface area contributed by atoms with E-state index >= 15 is 0 Å². The van der Waals surface area contributed by atoms with Gasteiger partial charge in [-0.2, -0.15) is 0 Å². The van der Waals surface area contributed by atoms with Crippen molar-refractivity contribution in [3.05, 3.63) is 38.9 Å². The van der Waals surface area contributed by atoms with E-state index < -0.39 is 16.4 Å². The Labute approximate surface area is 126 Å². The molecule has 2 amide bonds. The Morgan fingerprint density at radius 1 is 1.33 bits per heavy atom. The molecule has 1 aromatic carbocycles. The number of hydrogen-bond acceptors (Lipinski definition) is 4. The first-order valence-corrected chi connectivity index (χ1v) is 6.51. The molecule has 0 saturated carbocycles. The van der Waals surface area contributed by atoms with Gasteiger partial charge in [-0.25, -0.2) is 0 Å². The Morgan fingerprint density at radius 3 is 2.43 bits per heavy atom. The van der Waals surface area contributed by atoms with Crippen LogP contribution in [-0.2, 0) is 4.79 Å². The Morgan fingerprint density at radius 2 is 1.95 bits per heavy atom. The van der Waals surface area contributed by atoms with Crippen LogP contribution in [0.2, 0.25) is 5.02 Å². The molecule has 0 saturated heterocycles. The maximum Gasteiger partial charge on any atom is 0.287 e. The maximum atomic E-state index is 11.8. The van der Waals surface area contributed by atoms with Gasteiger partial charge in [0.05, 0.1) is 11.5 Å². The average molecular weight is 314 g/mol. The number of nitro groups is 1. The van der Waals surface area contributed by atoms with Crippen LogP contribution in [0.5, 0.6) is 0 Å². The highest BCUT2D eigenvalue weighted by atomic mass is 35.5. The fourth-order valence-corrected chi connectivity index (χ4v) is 1.77. The van der Waals surface area contributed by atoms with Gasteiger partial charge in [0.15, 0.2) is 0 Å². The number of carbonyl (C=O) groups is 2. The summed E-state index contributed by atoms with van der Waals surface area (Å²) in [6.07, 6.45) is 0. The standard InChI is InChI=1S/C13H16ClN3O4/c1-13(2,3)16-11(18)7-15-12(19)8-4-5-10(17(20)21)9(14)6-8/h4-6H,7H2,1-3H3,(H,15,19)(H,16,18). The van der Waals surface area contributed by atoms with E-state index in [9.17, 15) is 19.7 Å². The van der Waals surface area contributed by atoms with Gasteiger partial charge in [0.2, 0.25) is 5.91 Å². The smallest absolute Gasteiger partial charge is 0.287 e. The fourth-order valence-electron chi connectivity index (χ4n) is 1.52. The third kappa shape index (κ3) is 5.39. The van der Waals surface area contributed by atoms with Gasteiger partial charge in [0.25, 0.3) is 11.6 Å². The van der Waals surface area contributed by atoms with Crippen LogP contribution in [0.1, 0.15) is 31.1 Å². The van der Waals surface area contributed by atoms with Crippen molar-refractivity contribution in [2.24, 2.45) is 0 Å². The average Bonchev–Trinajstić information content (AvgIpc) is 2.33. The Hall–Kier alpha value is -2.15. The lowest BCUT2D eigenvalue weighted by molar-refractivity contribution is -0.384. The van der Waals surface area contributed by atoms with E-state index in [0.717, 1.165) is 6.07 Å². The number of nitrogens with zero attached hydrogens (tertiary/aromatic N) is 1. The Kier molecular flexibility index (Phi) is 5.26. The van der Waals surface area contributed by atoms with Crippen LogP contribution in [0.3, 0.4) is 0 Å². The molecular formula is C13H16ClN3O4. The SMILES string of the molecule is CC(C)(C)NC(=O)CNC(=O)c1ccc([N+](=O)[O-])c(Cl)c1. The molecule has 7 nitrogen and oxygen atoms in total. The fraction of sp³-hybridized carbons (Fsp3) is 0.385. The highest BCUT2D eigenvalue weighted by Gasteiger charge is 2.17. The summed E-state index contributed by atoms with van der Waals surface area (Å²) in [5, 5.41) is 15.6. The molecule has 1 aromatic rings. The molecule has 2 N–H and O–H groups in total. The van der Waals surface area contributed by atoms with Gasteiger partial charge in [-0.05, 0) is 32.9 Å². The molecule has 0 bridgehead atoms. The number of carbonyl (C=O) groups excluding carboxylic acids is 2. The van der Waals surface area contributed by atoms with Gasteiger partial charge < -0.3 is 10.6 Å². The van der Waals surface area contributed by atoms with Crippen molar-refractivity contribution < 1.29 is 14.5 Å². The van der Waals surface area contributed by atoms with Crippen molar-refractivity contribution in [2.75, 3.05) is 6.54 Å². The van der Waals surface area contributed by atoms with Crippen molar-refractivity contribution in [3.8, 4) is 0 Å². The normalized spacial score (nSPS) is 10.9. The number of rotatable bonds is 4. The summed E-state index contributed by atoms with van der Waals surface area (Å²) >= 11 is 5.72. The number of benzene rings is 1. The van der Waals surface area contributed by atoms with E-state index in [4.69, 9.17) is 11.6 Å². The Balaban J connectivity index is 2.67. The van der Waals surface area contributed by atoms with Crippen LogP contribution in [0.25, 0.3) is 0 Å². The third-order valence-electron chi connectivity index (χ3n) is 2.33. The zero-order valence-corrected chi connectivity index (χ0v) is 12.7. The second kappa shape index (κ2) is 6.53. The lowest BCUT2D eigenvalue weighted by atomic mass is 10.1. The molecule has 0 aliphatic rings. The van der Waals surface area contributed by atoms with Gasteiger partial charge >= 0.3 is 0 Å². The zero-order chi connectivity index (χ0) is 16.2. The van der Waals surface area contributed by atoms with Gasteiger partial charge in [0, 0.05) is 17.2 Å². The predicted molar refractivity (Wildman–Crippen MR) is 78.3 cm³/mol. The van der Waals surface area contributed by atoms with Gasteiger partial charge in [-0.3, -0.25) is 19.7 Å². The molecule has 0 aliphatic heterocycles. The summed E-state index contributed by atoms with van der Waals surface area (Å²) in [6, 6.07) is 3.62. The van der Waals surface area contributed by atoms with Crippen LogP contribution >= 0.6 is 11.6 Å². The molecule has 0 radical (unpaired) electrons. The van der Waals surface area contributed by atoms with Crippen molar-refractivity contribution in [3.63, 3.8) is 0 Å². The highest BCUT2D eigenvalue weighted by molar-refractivity contribution is 6.33. The summed E-state index contributed by atoms with van der Waals surface area (Å²) in [4.78, 5) is 33.4. The van der Waals surface area contributed by atoms with E-state index in [1.165, 1.54) is 12.1 Å². The molecule has 1 rings (SSSR count). The van der Waals surface area contributed by atoms with Crippen LogP contribution < -0.4 is 10.6 Å². The topological polar surface area (TPSA) is 101 Å². The molecule has 0 fully saturated rings. The Bertz CT molecular complexity index is 581. The largest absolute Gasteiger partial charge is 0.350 e. The third-order valence-corrected chi connectivity index (χ3v) is 2.63.